The van der Waals surface area contributed by atoms with Crippen molar-refractivity contribution in [1.82, 2.24) is 0 Å². The molecule has 0 unspecified atom stereocenters. The summed E-state index contributed by atoms with van der Waals surface area (Å²) in [5.74, 6) is -1.04. The van der Waals surface area contributed by atoms with Gasteiger partial charge in [-0.05, 0) is 6.42 Å². The van der Waals surface area contributed by atoms with Gasteiger partial charge in [-0.3, -0.25) is 4.89 Å². The van der Waals surface area contributed by atoms with E-state index in [0.717, 1.165) is 25.3 Å². The minimum Gasteiger partial charge on any atom is -1.00 e. The van der Waals surface area contributed by atoms with E-state index < -0.39 is 16.1 Å². The van der Waals surface area contributed by atoms with Crippen LogP contribution in [0.25, 0.3) is 0 Å². The van der Waals surface area contributed by atoms with Crippen LogP contribution in [0.4, 0.5) is 0 Å². The van der Waals surface area contributed by atoms with E-state index in [2.05, 4.69) is 22.7 Å². The second-order valence-corrected chi connectivity index (χ2v) is 8.19. The first kappa shape index (κ1) is 28.3. The zero-order chi connectivity index (χ0) is 18.8. The second-order valence-electron chi connectivity index (χ2n) is 6.53. The molecule has 0 saturated carbocycles. The molecule has 0 aromatic heterocycles. The van der Waals surface area contributed by atoms with Crippen molar-refractivity contribution in [1.29, 1.82) is 0 Å². The number of carbonyl (C=O) groups is 1. The van der Waals surface area contributed by atoms with Crippen LogP contribution in [0.5, 0.6) is 0 Å². The maximum atomic E-state index is 11.4. The summed E-state index contributed by atoms with van der Waals surface area (Å²) in [5.41, 5.74) is 0. The van der Waals surface area contributed by atoms with Crippen LogP contribution in [-0.2, 0) is 24.1 Å². The first-order chi connectivity index (χ1) is 12.0. The minimum atomic E-state index is -3.79. The third-order valence-corrected chi connectivity index (χ3v) is 5.20. The fraction of sp³-hybridized carbons (Fsp3) is 0.842. The normalized spacial score (nSPS) is 11.0. The van der Waals surface area contributed by atoms with Gasteiger partial charge in [-0.15, -0.1) is 0 Å². The molecule has 5 nitrogen and oxygen atoms in total. The molecule has 0 N–H and O–H groups in total. The maximum Gasteiger partial charge on any atom is 1.00 e. The van der Waals surface area contributed by atoms with Gasteiger partial charge in [0.1, 0.15) is 0 Å². The first-order valence-electron chi connectivity index (χ1n) is 9.77. The average molecular weight is 401 g/mol. The molecule has 0 aromatic carbocycles. The third kappa shape index (κ3) is 20.4. The molecule has 0 aliphatic carbocycles. The van der Waals surface area contributed by atoms with Crippen molar-refractivity contribution in [3.05, 3.63) is 12.7 Å². The largest absolute Gasteiger partial charge is 1.00 e. The summed E-state index contributed by atoms with van der Waals surface area (Å²) in [6, 6.07) is 0. The van der Waals surface area contributed by atoms with Crippen LogP contribution in [0.3, 0.4) is 0 Å². The Morgan fingerprint density at radius 2 is 1.23 bits per heavy atom. The summed E-state index contributed by atoms with van der Waals surface area (Å²) in [7, 11) is -3.79. The predicted molar refractivity (Wildman–Crippen MR) is 103 cm³/mol. The SMILES string of the molecule is C=CC(=O)OOS(=O)(=O)CCCCCCCCCCCCCCCC.[H-].[Na+]. The van der Waals surface area contributed by atoms with E-state index in [0.29, 0.717) is 6.42 Å². The van der Waals surface area contributed by atoms with E-state index >= 15 is 0 Å². The topological polar surface area (TPSA) is 69.7 Å². The summed E-state index contributed by atoms with van der Waals surface area (Å²) in [6.45, 7) is 5.40. The van der Waals surface area contributed by atoms with E-state index in [4.69, 9.17) is 0 Å². The maximum absolute atomic E-state index is 11.4. The molecule has 0 amide bonds. The Morgan fingerprint density at radius 3 is 1.62 bits per heavy atom. The minimum absolute atomic E-state index is 0. The molecule has 0 fully saturated rings. The van der Waals surface area contributed by atoms with Gasteiger partial charge in [0, 0.05) is 6.08 Å². The van der Waals surface area contributed by atoms with E-state index in [9.17, 15) is 13.2 Å². The third-order valence-electron chi connectivity index (χ3n) is 4.13. The van der Waals surface area contributed by atoms with Gasteiger partial charge in [0.05, 0.1) is 5.75 Å². The summed E-state index contributed by atoms with van der Waals surface area (Å²) >= 11 is 0. The van der Waals surface area contributed by atoms with Crippen molar-refractivity contribution in [3.63, 3.8) is 0 Å². The van der Waals surface area contributed by atoms with Crippen LogP contribution in [-0.4, -0.2) is 20.1 Å². The fourth-order valence-corrected chi connectivity index (χ4v) is 3.42. The monoisotopic (exact) mass is 400 g/mol. The van der Waals surface area contributed by atoms with Crippen molar-refractivity contribution in [3.8, 4) is 0 Å². The van der Waals surface area contributed by atoms with Crippen molar-refractivity contribution in [2.45, 2.75) is 96.8 Å². The molecule has 0 spiro atoms. The Morgan fingerprint density at radius 1 is 0.846 bits per heavy atom. The molecule has 0 radical (unpaired) electrons. The molecule has 0 aromatic rings. The van der Waals surface area contributed by atoms with Gasteiger partial charge in [0.15, 0.2) is 0 Å². The fourth-order valence-electron chi connectivity index (χ4n) is 2.63. The zero-order valence-corrected chi connectivity index (χ0v) is 19.7. The molecule has 0 atom stereocenters. The van der Waals surface area contributed by atoms with Crippen LogP contribution in [0.1, 0.15) is 98.2 Å². The molecule has 0 rings (SSSR count). The standard InChI is InChI=1S/C19H36O5S.Na.H/c1-3-5-6-7-8-9-10-11-12-13-14-15-16-17-18-25(21,22)24-23-19(20)4-2;;/h4H,2-3,5-18H2,1H3;;/q;+1;-1. The molecule has 0 aliphatic rings. The number of hydrogen-bond donors (Lipinski definition) is 0. The second kappa shape index (κ2) is 19.9. The molecule has 0 bridgehead atoms. The zero-order valence-electron chi connectivity index (χ0n) is 17.8. The Labute approximate surface area is 184 Å². The van der Waals surface area contributed by atoms with Crippen LogP contribution in [0.15, 0.2) is 12.7 Å². The number of rotatable bonds is 18. The van der Waals surface area contributed by atoms with Crippen molar-refractivity contribution in [2.75, 3.05) is 5.75 Å². The predicted octanol–water partition coefficient (Wildman–Crippen LogP) is 2.57. The molecule has 0 aliphatic heterocycles. The van der Waals surface area contributed by atoms with Gasteiger partial charge < -0.3 is 1.43 Å². The first-order valence-corrected chi connectivity index (χ1v) is 11.3. The van der Waals surface area contributed by atoms with Gasteiger partial charge in [-0.1, -0.05) is 101 Å². The van der Waals surface area contributed by atoms with Crippen LogP contribution in [0, 0.1) is 0 Å². The van der Waals surface area contributed by atoms with Gasteiger partial charge in [0.2, 0.25) is 0 Å². The quantitative estimate of drug-likeness (QED) is 0.116. The molecule has 7 heteroatoms. The van der Waals surface area contributed by atoms with Gasteiger partial charge in [-0.25, -0.2) is 4.79 Å². The molecule has 0 saturated heterocycles. The van der Waals surface area contributed by atoms with E-state index in [1.165, 1.54) is 64.2 Å². The average Bonchev–Trinajstić information content (AvgIpc) is 2.60. The number of hydrogen-bond acceptors (Lipinski definition) is 5. The summed E-state index contributed by atoms with van der Waals surface area (Å²) in [4.78, 5) is 14.8. The molecule has 0 heterocycles. The summed E-state index contributed by atoms with van der Waals surface area (Å²) in [6.07, 6.45) is 17.7. The summed E-state index contributed by atoms with van der Waals surface area (Å²) in [5, 5.41) is 0. The summed E-state index contributed by atoms with van der Waals surface area (Å²) < 4.78 is 27.0. The smallest absolute Gasteiger partial charge is 1.00 e. The number of carbonyl (C=O) groups excluding carboxylic acids is 1. The van der Waals surface area contributed by atoms with E-state index in [-0.39, 0.29) is 36.7 Å². The van der Waals surface area contributed by atoms with Gasteiger partial charge in [-0.2, -0.15) is 8.42 Å². The molecule has 26 heavy (non-hydrogen) atoms. The van der Waals surface area contributed by atoms with Crippen molar-refractivity contribution >= 4 is 16.1 Å². The number of unbranched alkanes of at least 4 members (excludes halogenated alkanes) is 13. The van der Waals surface area contributed by atoms with E-state index in [1.807, 2.05) is 0 Å². The van der Waals surface area contributed by atoms with E-state index in [1.54, 1.807) is 0 Å². The molecular formula is C19H37NaO5S. The Balaban J connectivity index is -0.00000288. The van der Waals surface area contributed by atoms with Gasteiger partial charge >= 0.3 is 45.6 Å². The molecule has 150 valence electrons. The Hall–Kier alpha value is 0.120. The van der Waals surface area contributed by atoms with Crippen molar-refractivity contribution in [2.24, 2.45) is 0 Å². The van der Waals surface area contributed by atoms with Crippen LogP contribution >= 0.6 is 0 Å². The van der Waals surface area contributed by atoms with Gasteiger partial charge in [0.25, 0.3) is 0 Å². The Kier molecular flexibility index (Phi) is 21.7. The van der Waals surface area contributed by atoms with Crippen LogP contribution < -0.4 is 29.6 Å². The Bertz CT molecular complexity index is 443. The van der Waals surface area contributed by atoms with Crippen LogP contribution in [0.2, 0.25) is 0 Å². The van der Waals surface area contributed by atoms with Crippen molar-refractivity contribution < 1.29 is 53.4 Å². The molecular weight excluding hydrogens is 363 g/mol.